The van der Waals surface area contributed by atoms with Crippen molar-refractivity contribution in [3.8, 4) is 0 Å². The molecule has 0 fully saturated rings. The van der Waals surface area contributed by atoms with Gasteiger partial charge in [0.25, 0.3) is 10.0 Å². The van der Waals surface area contributed by atoms with Crippen molar-refractivity contribution in [2.24, 2.45) is 0 Å². The minimum absolute atomic E-state index is 0.134. The minimum atomic E-state index is -3.72. The summed E-state index contributed by atoms with van der Waals surface area (Å²) in [4.78, 5) is 11.8. The predicted octanol–water partition coefficient (Wildman–Crippen LogP) is 5.02. The van der Waals surface area contributed by atoms with Crippen LogP contribution in [0.3, 0.4) is 0 Å². The Balaban J connectivity index is 1.44. The average Bonchev–Trinajstić information content (AvgIpc) is 2.75. The van der Waals surface area contributed by atoms with Crippen LogP contribution in [0.5, 0.6) is 0 Å². The molecule has 0 aliphatic rings. The molecule has 1 heterocycles. The van der Waals surface area contributed by atoms with Gasteiger partial charge < -0.3 is 15.1 Å². The fraction of sp³-hybridized carbons (Fsp3) is 0.0833. The highest BCUT2D eigenvalue weighted by Crippen LogP contribution is 2.22. The number of hydrogen-bond donors (Lipinski definition) is 3. The topological polar surface area (TPSA) is 100 Å². The van der Waals surface area contributed by atoms with Gasteiger partial charge in [0.2, 0.25) is 0 Å². The standard InChI is InChI=1S/C24H21N3O4S2/c1-15-5-3-4-6-21(15)27-33(29,30)19-10-7-17(8-11-19)25-24(32)26-18-9-12-20-16(2)13-23(28)31-22(20)14-18/h3-14,27H,1-2H3,(H2,25,26,32). The van der Waals surface area contributed by atoms with E-state index >= 15 is 0 Å². The molecule has 0 saturated heterocycles. The zero-order valence-electron chi connectivity index (χ0n) is 17.9. The van der Waals surface area contributed by atoms with Crippen LogP contribution in [0.1, 0.15) is 11.1 Å². The summed E-state index contributed by atoms with van der Waals surface area (Å²) in [5, 5.41) is 7.19. The highest BCUT2D eigenvalue weighted by atomic mass is 32.2. The molecule has 0 amide bonds. The van der Waals surface area contributed by atoms with Crippen LogP contribution < -0.4 is 21.0 Å². The van der Waals surface area contributed by atoms with Crippen LogP contribution in [0, 0.1) is 13.8 Å². The fourth-order valence-electron chi connectivity index (χ4n) is 3.30. The van der Waals surface area contributed by atoms with Crippen LogP contribution in [0.25, 0.3) is 11.0 Å². The lowest BCUT2D eigenvalue weighted by molar-refractivity contribution is 0.560. The Hall–Kier alpha value is -3.69. The molecule has 33 heavy (non-hydrogen) atoms. The molecule has 0 bridgehead atoms. The molecule has 0 aliphatic carbocycles. The van der Waals surface area contributed by atoms with Crippen molar-refractivity contribution in [2.45, 2.75) is 18.7 Å². The maximum Gasteiger partial charge on any atom is 0.336 e. The maximum atomic E-state index is 12.7. The second-order valence-electron chi connectivity index (χ2n) is 7.48. The number of benzene rings is 3. The molecule has 0 atom stereocenters. The highest BCUT2D eigenvalue weighted by molar-refractivity contribution is 7.92. The molecule has 0 radical (unpaired) electrons. The van der Waals surface area contributed by atoms with Gasteiger partial charge in [0.05, 0.1) is 10.6 Å². The number of anilines is 3. The Morgan fingerprint density at radius 2 is 1.52 bits per heavy atom. The number of thiocarbonyl (C=S) groups is 1. The average molecular weight is 480 g/mol. The zero-order valence-corrected chi connectivity index (χ0v) is 19.5. The number of hydrogen-bond acceptors (Lipinski definition) is 5. The predicted molar refractivity (Wildman–Crippen MR) is 135 cm³/mol. The molecule has 3 N–H and O–H groups in total. The van der Waals surface area contributed by atoms with Crippen LogP contribution in [0.4, 0.5) is 17.1 Å². The summed E-state index contributed by atoms with van der Waals surface area (Å²) < 4.78 is 33.2. The Labute approximate surface area is 196 Å². The van der Waals surface area contributed by atoms with E-state index in [1.807, 2.05) is 38.1 Å². The lowest BCUT2D eigenvalue weighted by Gasteiger charge is -2.13. The van der Waals surface area contributed by atoms with E-state index in [1.165, 1.54) is 18.2 Å². The van der Waals surface area contributed by atoms with E-state index in [0.717, 1.165) is 16.5 Å². The summed E-state index contributed by atoms with van der Waals surface area (Å²) >= 11 is 5.35. The number of sulfonamides is 1. The lowest BCUT2D eigenvalue weighted by Crippen LogP contribution is -2.19. The van der Waals surface area contributed by atoms with Gasteiger partial charge in [-0.15, -0.1) is 0 Å². The number of para-hydroxylation sites is 1. The molecule has 0 spiro atoms. The first kappa shape index (κ1) is 22.5. The third kappa shape index (κ3) is 5.21. The summed E-state index contributed by atoms with van der Waals surface area (Å²) in [6.45, 7) is 3.68. The molecule has 4 aromatic rings. The summed E-state index contributed by atoms with van der Waals surface area (Å²) in [6.07, 6.45) is 0. The summed E-state index contributed by atoms with van der Waals surface area (Å²) in [7, 11) is -3.72. The molecule has 0 aliphatic heterocycles. The largest absolute Gasteiger partial charge is 0.423 e. The van der Waals surface area contributed by atoms with Crippen molar-refractivity contribution in [2.75, 3.05) is 15.4 Å². The maximum absolute atomic E-state index is 12.7. The van der Waals surface area contributed by atoms with E-state index in [-0.39, 0.29) is 4.90 Å². The molecular formula is C24H21N3O4S2. The number of fused-ring (bicyclic) bond motifs is 1. The Kier molecular flexibility index (Phi) is 6.17. The highest BCUT2D eigenvalue weighted by Gasteiger charge is 2.15. The van der Waals surface area contributed by atoms with Crippen molar-refractivity contribution < 1.29 is 12.8 Å². The molecule has 0 unspecified atom stereocenters. The van der Waals surface area contributed by atoms with E-state index in [1.54, 1.807) is 30.3 Å². The first-order valence-electron chi connectivity index (χ1n) is 10.0. The molecular weight excluding hydrogens is 458 g/mol. The smallest absolute Gasteiger partial charge is 0.336 e. The van der Waals surface area contributed by atoms with Gasteiger partial charge in [-0.25, -0.2) is 13.2 Å². The third-order valence-corrected chi connectivity index (χ3v) is 6.61. The van der Waals surface area contributed by atoms with Gasteiger partial charge in [-0.05, 0) is 79.7 Å². The van der Waals surface area contributed by atoms with Crippen LogP contribution in [-0.4, -0.2) is 13.5 Å². The van der Waals surface area contributed by atoms with E-state index in [2.05, 4.69) is 15.4 Å². The summed E-state index contributed by atoms with van der Waals surface area (Å²) in [6, 6.07) is 20.2. The molecule has 168 valence electrons. The fourth-order valence-corrected chi connectivity index (χ4v) is 4.67. The lowest BCUT2D eigenvalue weighted by atomic mass is 10.1. The minimum Gasteiger partial charge on any atom is -0.423 e. The molecule has 4 rings (SSSR count). The van der Waals surface area contributed by atoms with Crippen LogP contribution >= 0.6 is 12.2 Å². The summed E-state index contributed by atoms with van der Waals surface area (Å²) in [5.41, 5.74) is 3.51. The van der Waals surface area contributed by atoms with E-state index < -0.39 is 15.6 Å². The Morgan fingerprint density at radius 3 is 2.24 bits per heavy atom. The second kappa shape index (κ2) is 9.05. The number of rotatable bonds is 5. The first-order valence-corrected chi connectivity index (χ1v) is 11.9. The van der Waals surface area contributed by atoms with Gasteiger partial charge in [0.15, 0.2) is 5.11 Å². The van der Waals surface area contributed by atoms with Gasteiger partial charge in [-0.3, -0.25) is 4.72 Å². The molecule has 3 aromatic carbocycles. The van der Waals surface area contributed by atoms with Gasteiger partial charge >= 0.3 is 5.63 Å². The van der Waals surface area contributed by atoms with Gasteiger partial charge in [0, 0.05) is 28.9 Å². The normalized spacial score (nSPS) is 11.2. The van der Waals surface area contributed by atoms with Crippen LogP contribution in [-0.2, 0) is 10.0 Å². The Morgan fingerprint density at radius 1 is 0.848 bits per heavy atom. The number of aryl methyl sites for hydroxylation is 2. The van der Waals surface area contributed by atoms with E-state index in [0.29, 0.717) is 27.8 Å². The quantitative estimate of drug-likeness (QED) is 0.273. The van der Waals surface area contributed by atoms with Crippen LogP contribution in [0.15, 0.2) is 86.9 Å². The SMILES string of the molecule is Cc1ccccc1NS(=O)(=O)c1ccc(NC(=S)Nc2ccc3c(C)cc(=O)oc3c2)cc1. The van der Waals surface area contributed by atoms with Gasteiger partial charge in [0.1, 0.15) is 5.58 Å². The zero-order chi connectivity index (χ0) is 23.6. The second-order valence-corrected chi connectivity index (χ2v) is 9.57. The van der Waals surface area contributed by atoms with Crippen molar-refractivity contribution in [3.05, 3.63) is 94.3 Å². The summed E-state index contributed by atoms with van der Waals surface area (Å²) in [5.74, 6) is 0. The van der Waals surface area contributed by atoms with Crippen molar-refractivity contribution in [1.29, 1.82) is 0 Å². The number of nitrogens with one attached hydrogen (secondary N) is 3. The monoisotopic (exact) mass is 479 g/mol. The van der Waals surface area contributed by atoms with Crippen LogP contribution in [0.2, 0.25) is 0 Å². The van der Waals surface area contributed by atoms with Gasteiger partial charge in [-0.2, -0.15) is 0 Å². The molecule has 1 aromatic heterocycles. The molecule has 9 heteroatoms. The van der Waals surface area contributed by atoms with Crippen molar-refractivity contribution >= 4 is 55.4 Å². The van der Waals surface area contributed by atoms with E-state index in [9.17, 15) is 13.2 Å². The third-order valence-electron chi connectivity index (χ3n) is 5.02. The van der Waals surface area contributed by atoms with E-state index in [4.69, 9.17) is 16.6 Å². The van der Waals surface area contributed by atoms with Crippen molar-refractivity contribution in [3.63, 3.8) is 0 Å². The Bertz CT molecular complexity index is 1510. The van der Waals surface area contributed by atoms with Crippen molar-refractivity contribution in [1.82, 2.24) is 0 Å². The molecule has 0 saturated carbocycles. The molecule has 7 nitrogen and oxygen atoms in total. The van der Waals surface area contributed by atoms with Gasteiger partial charge in [-0.1, -0.05) is 18.2 Å². The first-order chi connectivity index (χ1) is 15.7.